The van der Waals surface area contributed by atoms with Crippen molar-refractivity contribution in [2.75, 3.05) is 13.1 Å². The molecule has 112 valence electrons. The molecule has 2 nitrogen and oxygen atoms in total. The Morgan fingerprint density at radius 3 is 2.50 bits per heavy atom. The molecule has 1 N–H and O–H groups in total. The first kappa shape index (κ1) is 15.4. The van der Waals surface area contributed by atoms with Crippen molar-refractivity contribution in [2.24, 2.45) is 5.92 Å². The van der Waals surface area contributed by atoms with Crippen LogP contribution in [0.5, 0.6) is 0 Å². The summed E-state index contributed by atoms with van der Waals surface area (Å²) in [7, 11) is 0. The fourth-order valence-corrected chi connectivity index (χ4v) is 2.88. The van der Waals surface area contributed by atoms with Gasteiger partial charge >= 0.3 is 0 Å². The summed E-state index contributed by atoms with van der Waals surface area (Å²) in [5, 5.41) is 3.55. The first-order valence-corrected chi connectivity index (χ1v) is 7.36. The Morgan fingerprint density at radius 1 is 1.25 bits per heavy atom. The second-order valence-electron chi connectivity index (χ2n) is 6.29. The number of benzene rings is 1. The average molecular weight is 282 g/mol. The topological polar surface area (TPSA) is 15.3 Å². The van der Waals surface area contributed by atoms with Crippen molar-refractivity contribution in [3.05, 3.63) is 35.4 Å². The van der Waals surface area contributed by atoms with Crippen molar-refractivity contribution >= 4 is 0 Å². The maximum Gasteiger partial charge on any atom is 0.126 e. The smallest absolute Gasteiger partial charge is 0.126 e. The highest BCUT2D eigenvalue weighted by molar-refractivity contribution is 5.18. The predicted octanol–water partition coefficient (Wildman–Crippen LogP) is 3.17. The first-order chi connectivity index (χ1) is 9.44. The van der Waals surface area contributed by atoms with Crippen molar-refractivity contribution < 1.29 is 8.78 Å². The van der Waals surface area contributed by atoms with Gasteiger partial charge in [0.25, 0.3) is 0 Å². The standard InChI is InChI=1S/C16H24F2N2/c1-11(2)4-16-10-20(12(3)8-19-16)9-13-5-14(17)7-15(18)6-13/h5-7,11-12,16,19H,4,8-10H2,1-3H3. The van der Waals surface area contributed by atoms with Crippen LogP contribution in [-0.4, -0.2) is 30.1 Å². The molecule has 0 saturated carbocycles. The van der Waals surface area contributed by atoms with Crippen LogP contribution in [0.4, 0.5) is 8.78 Å². The molecule has 0 aromatic heterocycles. The Hall–Kier alpha value is -1.00. The molecule has 20 heavy (non-hydrogen) atoms. The lowest BCUT2D eigenvalue weighted by molar-refractivity contribution is 0.124. The van der Waals surface area contributed by atoms with Crippen molar-refractivity contribution in [1.82, 2.24) is 10.2 Å². The number of piperazine rings is 1. The highest BCUT2D eigenvalue weighted by atomic mass is 19.1. The van der Waals surface area contributed by atoms with Gasteiger partial charge in [-0.25, -0.2) is 8.78 Å². The van der Waals surface area contributed by atoms with Crippen LogP contribution in [0.25, 0.3) is 0 Å². The van der Waals surface area contributed by atoms with Crippen LogP contribution < -0.4 is 5.32 Å². The molecule has 1 heterocycles. The highest BCUT2D eigenvalue weighted by Gasteiger charge is 2.25. The van der Waals surface area contributed by atoms with Crippen LogP contribution in [0, 0.1) is 17.6 Å². The zero-order valence-corrected chi connectivity index (χ0v) is 12.5. The monoisotopic (exact) mass is 282 g/mol. The van der Waals surface area contributed by atoms with E-state index in [-0.39, 0.29) is 0 Å². The van der Waals surface area contributed by atoms with Crippen LogP contribution in [0.2, 0.25) is 0 Å². The molecule has 1 aromatic carbocycles. The van der Waals surface area contributed by atoms with Crippen molar-refractivity contribution in [3.8, 4) is 0 Å². The SMILES string of the molecule is CC(C)CC1CN(Cc2cc(F)cc(F)c2)C(C)CN1. The van der Waals surface area contributed by atoms with Gasteiger partial charge in [0.2, 0.25) is 0 Å². The Kier molecular flexibility index (Phi) is 5.11. The summed E-state index contributed by atoms with van der Waals surface area (Å²) >= 11 is 0. The lowest BCUT2D eigenvalue weighted by atomic mass is 9.99. The van der Waals surface area contributed by atoms with Gasteiger partial charge in [-0.05, 0) is 37.0 Å². The van der Waals surface area contributed by atoms with Crippen LogP contribution in [-0.2, 0) is 6.54 Å². The summed E-state index contributed by atoms with van der Waals surface area (Å²) in [5.41, 5.74) is 0.708. The number of hydrogen-bond donors (Lipinski definition) is 1. The second-order valence-corrected chi connectivity index (χ2v) is 6.29. The maximum atomic E-state index is 13.3. The molecule has 0 aliphatic carbocycles. The largest absolute Gasteiger partial charge is 0.311 e. The number of nitrogens with one attached hydrogen (secondary N) is 1. The van der Waals surface area contributed by atoms with E-state index in [1.54, 1.807) is 0 Å². The summed E-state index contributed by atoms with van der Waals surface area (Å²) in [6.45, 7) is 9.03. The molecule has 4 heteroatoms. The zero-order valence-electron chi connectivity index (χ0n) is 12.5. The third kappa shape index (κ3) is 4.25. The van der Waals surface area contributed by atoms with Crippen molar-refractivity contribution in [1.29, 1.82) is 0 Å². The molecule has 2 atom stereocenters. The van der Waals surface area contributed by atoms with E-state index in [4.69, 9.17) is 0 Å². The van der Waals surface area contributed by atoms with Gasteiger partial charge in [-0.2, -0.15) is 0 Å². The number of halogens is 2. The fourth-order valence-electron chi connectivity index (χ4n) is 2.88. The van der Waals surface area contributed by atoms with Gasteiger partial charge in [0.15, 0.2) is 0 Å². The Labute approximate surface area is 120 Å². The molecule has 2 unspecified atom stereocenters. The molecule has 0 spiro atoms. The molecule has 0 amide bonds. The Bertz CT molecular complexity index is 428. The molecule has 0 radical (unpaired) electrons. The fraction of sp³-hybridized carbons (Fsp3) is 0.625. The molecule has 1 aliphatic heterocycles. The minimum absolute atomic E-state index is 0.379. The normalized spacial score (nSPS) is 24.3. The Balaban J connectivity index is 2.02. The summed E-state index contributed by atoms with van der Waals surface area (Å²) < 4.78 is 26.5. The summed E-state index contributed by atoms with van der Waals surface area (Å²) in [6, 6.07) is 4.62. The van der Waals surface area contributed by atoms with E-state index in [9.17, 15) is 8.78 Å². The van der Waals surface area contributed by atoms with Gasteiger partial charge < -0.3 is 5.32 Å². The van der Waals surface area contributed by atoms with Gasteiger partial charge in [0.1, 0.15) is 11.6 Å². The average Bonchev–Trinajstić information content (AvgIpc) is 2.31. The lowest BCUT2D eigenvalue weighted by Gasteiger charge is -2.39. The van der Waals surface area contributed by atoms with E-state index in [0.29, 0.717) is 30.1 Å². The molecule has 0 bridgehead atoms. The third-order valence-electron chi connectivity index (χ3n) is 3.84. The maximum absolute atomic E-state index is 13.3. The summed E-state index contributed by atoms with van der Waals surface area (Å²) in [5.74, 6) is -0.350. The molecular weight excluding hydrogens is 258 g/mol. The Morgan fingerprint density at radius 2 is 1.90 bits per heavy atom. The van der Waals surface area contributed by atoms with E-state index in [1.807, 2.05) is 0 Å². The van der Waals surface area contributed by atoms with E-state index >= 15 is 0 Å². The first-order valence-electron chi connectivity index (χ1n) is 7.36. The minimum Gasteiger partial charge on any atom is -0.311 e. The highest BCUT2D eigenvalue weighted by Crippen LogP contribution is 2.17. The third-order valence-corrected chi connectivity index (χ3v) is 3.84. The zero-order chi connectivity index (χ0) is 14.7. The van der Waals surface area contributed by atoms with Gasteiger partial charge in [0, 0.05) is 37.8 Å². The van der Waals surface area contributed by atoms with Gasteiger partial charge in [-0.3, -0.25) is 4.90 Å². The molecular formula is C16H24F2N2. The minimum atomic E-state index is -0.499. The van der Waals surface area contributed by atoms with E-state index < -0.39 is 11.6 Å². The van der Waals surface area contributed by atoms with Crippen LogP contribution in [0.1, 0.15) is 32.8 Å². The molecule has 1 aliphatic rings. The molecule has 1 aromatic rings. The van der Waals surface area contributed by atoms with E-state index in [2.05, 4.69) is 31.0 Å². The van der Waals surface area contributed by atoms with Gasteiger partial charge in [0.05, 0.1) is 0 Å². The molecule has 2 rings (SSSR count). The second kappa shape index (κ2) is 6.64. The predicted molar refractivity (Wildman–Crippen MR) is 77.5 cm³/mol. The lowest BCUT2D eigenvalue weighted by Crippen LogP contribution is -2.55. The van der Waals surface area contributed by atoms with E-state index in [1.165, 1.54) is 12.1 Å². The molecule has 1 saturated heterocycles. The van der Waals surface area contributed by atoms with Crippen molar-refractivity contribution in [3.63, 3.8) is 0 Å². The summed E-state index contributed by atoms with van der Waals surface area (Å²) in [4.78, 5) is 2.30. The molecule has 1 fully saturated rings. The van der Waals surface area contributed by atoms with Crippen LogP contribution >= 0.6 is 0 Å². The van der Waals surface area contributed by atoms with Gasteiger partial charge in [-0.1, -0.05) is 13.8 Å². The van der Waals surface area contributed by atoms with E-state index in [0.717, 1.165) is 25.6 Å². The van der Waals surface area contributed by atoms with Crippen molar-refractivity contribution in [2.45, 2.75) is 45.8 Å². The quantitative estimate of drug-likeness (QED) is 0.912. The number of hydrogen-bond acceptors (Lipinski definition) is 2. The van der Waals surface area contributed by atoms with Crippen LogP contribution in [0.15, 0.2) is 18.2 Å². The van der Waals surface area contributed by atoms with Crippen LogP contribution in [0.3, 0.4) is 0 Å². The number of nitrogens with zero attached hydrogens (tertiary/aromatic N) is 1. The summed E-state index contributed by atoms with van der Waals surface area (Å²) in [6.07, 6.45) is 1.13. The number of rotatable bonds is 4. The van der Waals surface area contributed by atoms with Gasteiger partial charge in [-0.15, -0.1) is 0 Å².